The topological polar surface area (TPSA) is 163 Å². The second-order valence-corrected chi connectivity index (χ2v) is 8.43. The number of aliphatic hydroxyl groups is 1. The molecule has 0 radical (unpaired) electrons. The van der Waals surface area contributed by atoms with Crippen molar-refractivity contribution >= 4 is 40.4 Å². The van der Waals surface area contributed by atoms with E-state index in [0.29, 0.717) is 5.56 Å². The summed E-state index contributed by atoms with van der Waals surface area (Å²) in [6.07, 6.45) is 0. The van der Waals surface area contributed by atoms with Gasteiger partial charge < -0.3 is 19.7 Å². The Morgan fingerprint density at radius 2 is 1.74 bits per heavy atom. The van der Waals surface area contributed by atoms with Gasteiger partial charge in [0.1, 0.15) is 17.3 Å². The smallest absolute Gasteiger partial charge is 0.311 e. The number of phenolic OH excluding ortho intramolecular Hbond substituents is 1. The number of aliphatic hydroxyl groups excluding tert-OH is 1. The number of Topliss-reactive ketones (excluding diaryl/α,β-unsaturated/α-hetero) is 1. The SMILES string of the molecule is COc1cc(OC)c(/C(O)=C2\C(=O)C(=O)N(c3ccc(C#N)cc3)C2c2ccc(O)c([N+](=O)[O-])c2)cc1Cl. The molecule has 1 aliphatic heterocycles. The van der Waals surface area contributed by atoms with Crippen LogP contribution in [0.1, 0.15) is 22.7 Å². The van der Waals surface area contributed by atoms with E-state index in [1.807, 2.05) is 6.07 Å². The van der Waals surface area contributed by atoms with E-state index in [-0.39, 0.29) is 33.3 Å². The standard InChI is InChI=1S/C26H18ClN3O8/c1-37-20-11-21(38-2)17(27)10-16(20)24(32)22-23(14-5-8-19(31)18(9-14)30(35)36)29(26(34)25(22)33)15-6-3-13(12-28)4-7-15/h3-11,23,31-32H,1-2H3/b24-22+. The monoisotopic (exact) mass is 535 g/mol. The van der Waals surface area contributed by atoms with Gasteiger partial charge >= 0.3 is 5.69 Å². The van der Waals surface area contributed by atoms with Crippen molar-refractivity contribution in [2.75, 3.05) is 19.1 Å². The predicted octanol–water partition coefficient (Wildman–Crippen LogP) is 4.47. The number of nitrogens with zero attached hydrogens (tertiary/aromatic N) is 3. The van der Waals surface area contributed by atoms with E-state index in [0.717, 1.165) is 17.0 Å². The van der Waals surface area contributed by atoms with Crippen LogP contribution in [0.15, 0.2) is 60.2 Å². The first-order valence-electron chi connectivity index (χ1n) is 10.8. The van der Waals surface area contributed by atoms with Crippen LogP contribution in [-0.4, -0.2) is 41.0 Å². The van der Waals surface area contributed by atoms with Crippen LogP contribution in [0.5, 0.6) is 17.2 Å². The number of hydrogen-bond donors (Lipinski definition) is 2. The van der Waals surface area contributed by atoms with Crippen LogP contribution in [0.4, 0.5) is 11.4 Å². The van der Waals surface area contributed by atoms with Crippen molar-refractivity contribution in [1.82, 2.24) is 0 Å². The molecule has 1 unspecified atom stereocenters. The van der Waals surface area contributed by atoms with Gasteiger partial charge in [-0.25, -0.2) is 0 Å². The molecular weight excluding hydrogens is 518 g/mol. The van der Waals surface area contributed by atoms with Gasteiger partial charge in [0, 0.05) is 17.8 Å². The Morgan fingerprint density at radius 1 is 1.08 bits per heavy atom. The van der Waals surface area contributed by atoms with Crippen molar-refractivity contribution in [2.45, 2.75) is 6.04 Å². The lowest BCUT2D eigenvalue weighted by Gasteiger charge is -2.25. The van der Waals surface area contributed by atoms with E-state index in [1.165, 1.54) is 56.7 Å². The van der Waals surface area contributed by atoms with Crippen LogP contribution >= 0.6 is 11.6 Å². The molecule has 0 spiro atoms. The van der Waals surface area contributed by atoms with Crippen LogP contribution in [0.25, 0.3) is 5.76 Å². The maximum absolute atomic E-state index is 13.4. The van der Waals surface area contributed by atoms with Crippen molar-refractivity contribution in [3.63, 3.8) is 0 Å². The molecule has 2 N–H and O–H groups in total. The quantitative estimate of drug-likeness (QED) is 0.152. The second-order valence-electron chi connectivity index (χ2n) is 8.02. The molecule has 1 atom stereocenters. The molecule has 192 valence electrons. The first-order chi connectivity index (χ1) is 18.1. The molecule has 3 aromatic rings. The number of methoxy groups -OCH3 is 2. The van der Waals surface area contributed by atoms with Gasteiger partial charge in [0.05, 0.1) is 53.0 Å². The van der Waals surface area contributed by atoms with Crippen LogP contribution < -0.4 is 14.4 Å². The fourth-order valence-electron chi connectivity index (χ4n) is 4.16. The van der Waals surface area contributed by atoms with E-state index in [4.69, 9.17) is 26.3 Å². The lowest BCUT2D eigenvalue weighted by atomic mass is 9.94. The lowest BCUT2D eigenvalue weighted by molar-refractivity contribution is -0.385. The molecule has 1 saturated heterocycles. The number of phenols is 1. The number of nitro groups is 1. The van der Waals surface area contributed by atoms with E-state index in [1.54, 1.807) is 0 Å². The summed E-state index contributed by atoms with van der Waals surface area (Å²) in [4.78, 5) is 38.4. The highest BCUT2D eigenvalue weighted by molar-refractivity contribution is 6.51. The zero-order valence-electron chi connectivity index (χ0n) is 19.8. The Hall–Kier alpha value is -5.08. The molecule has 1 heterocycles. The number of nitriles is 1. The van der Waals surface area contributed by atoms with Gasteiger partial charge in [0.15, 0.2) is 5.75 Å². The number of benzene rings is 3. The zero-order valence-corrected chi connectivity index (χ0v) is 20.6. The number of nitro benzene ring substituents is 1. The van der Waals surface area contributed by atoms with Crippen LogP contribution in [0.2, 0.25) is 5.02 Å². The predicted molar refractivity (Wildman–Crippen MR) is 135 cm³/mol. The minimum absolute atomic E-state index is 0.0330. The van der Waals surface area contributed by atoms with Gasteiger partial charge in [0.2, 0.25) is 0 Å². The molecule has 38 heavy (non-hydrogen) atoms. The number of hydrogen-bond acceptors (Lipinski definition) is 9. The molecule has 1 aliphatic rings. The highest BCUT2D eigenvalue weighted by Crippen LogP contribution is 2.46. The molecule has 0 saturated carbocycles. The zero-order chi connectivity index (χ0) is 27.7. The van der Waals surface area contributed by atoms with Gasteiger partial charge in [-0.3, -0.25) is 24.6 Å². The Kier molecular flexibility index (Phi) is 6.92. The lowest BCUT2D eigenvalue weighted by Crippen LogP contribution is -2.29. The number of carbonyl (C=O) groups excluding carboxylic acids is 2. The minimum atomic E-state index is -1.35. The molecule has 0 bridgehead atoms. The maximum atomic E-state index is 13.4. The average Bonchev–Trinajstić information content (AvgIpc) is 3.18. The number of anilines is 1. The van der Waals surface area contributed by atoms with Gasteiger partial charge in [0.25, 0.3) is 11.7 Å². The summed E-state index contributed by atoms with van der Waals surface area (Å²) < 4.78 is 10.5. The van der Waals surface area contributed by atoms with Crippen LogP contribution in [-0.2, 0) is 9.59 Å². The molecule has 3 aromatic carbocycles. The number of rotatable bonds is 6. The number of ether oxygens (including phenoxy) is 2. The van der Waals surface area contributed by atoms with Crippen LogP contribution in [0.3, 0.4) is 0 Å². The highest BCUT2D eigenvalue weighted by Gasteiger charge is 2.47. The minimum Gasteiger partial charge on any atom is -0.507 e. The van der Waals surface area contributed by atoms with Gasteiger partial charge in [-0.15, -0.1) is 0 Å². The Labute approximate surface area is 220 Å². The molecule has 11 nitrogen and oxygen atoms in total. The number of ketones is 1. The number of carbonyl (C=O) groups is 2. The summed E-state index contributed by atoms with van der Waals surface area (Å²) in [7, 11) is 2.69. The largest absolute Gasteiger partial charge is 0.507 e. The molecule has 0 aromatic heterocycles. The van der Waals surface area contributed by atoms with Crippen molar-refractivity contribution < 1.29 is 34.2 Å². The third kappa shape index (κ3) is 4.33. The van der Waals surface area contributed by atoms with Gasteiger partial charge in [-0.1, -0.05) is 17.7 Å². The highest BCUT2D eigenvalue weighted by atomic mass is 35.5. The normalized spacial score (nSPS) is 16.3. The molecule has 0 aliphatic carbocycles. The summed E-state index contributed by atoms with van der Waals surface area (Å²) in [6, 6.07) is 12.3. The fourth-order valence-corrected chi connectivity index (χ4v) is 4.40. The van der Waals surface area contributed by atoms with E-state index in [2.05, 4.69) is 0 Å². The molecule has 4 rings (SSSR count). The molecule has 1 fully saturated rings. The first kappa shape index (κ1) is 26.0. The van der Waals surface area contributed by atoms with Crippen molar-refractivity contribution in [3.05, 3.63) is 92.0 Å². The molecule has 12 heteroatoms. The van der Waals surface area contributed by atoms with E-state index in [9.17, 15) is 29.9 Å². The molecule has 1 amide bonds. The summed E-state index contributed by atoms with van der Waals surface area (Å²) in [5.74, 6) is -3.09. The summed E-state index contributed by atoms with van der Waals surface area (Å²) >= 11 is 6.25. The van der Waals surface area contributed by atoms with E-state index >= 15 is 0 Å². The third-order valence-corrected chi connectivity index (χ3v) is 6.26. The maximum Gasteiger partial charge on any atom is 0.311 e. The Morgan fingerprint density at radius 3 is 2.32 bits per heavy atom. The van der Waals surface area contributed by atoms with Gasteiger partial charge in [-0.05, 0) is 42.0 Å². The Bertz CT molecular complexity index is 1560. The summed E-state index contributed by atoms with van der Waals surface area (Å²) in [5, 5.41) is 42.1. The van der Waals surface area contributed by atoms with Crippen molar-refractivity contribution in [2.24, 2.45) is 0 Å². The second kappa shape index (κ2) is 10.1. The van der Waals surface area contributed by atoms with Gasteiger partial charge in [-0.2, -0.15) is 5.26 Å². The summed E-state index contributed by atoms with van der Waals surface area (Å²) in [5.41, 5.74) is -0.574. The average molecular weight is 536 g/mol. The van der Waals surface area contributed by atoms with Crippen molar-refractivity contribution in [3.8, 4) is 23.3 Å². The summed E-state index contributed by atoms with van der Waals surface area (Å²) in [6.45, 7) is 0. The van der Waals surface area contributed by atoms with Crippen molar-refractivity contribution in [1.29, 1.82) is 5.26 Å². The first-order valence-corrected chi connectivity index (χ1v) is 11.2. The number of amides is 1. The number of aromatic hydroxyl groups is 1. The Balaban J connectivity index is 2.02. The van der Waals surface area contributed by atoms with E-state index < -0.39 is 45.4 Å². The molecular formula is C26H18ClN3O8. The fraction of sp³-hybridized carbons (Fsp3) is 0.115. The van der Waals surface area contributed by atoms with Crippen LogP contribution in [0, 0.1) is 21.4 Å². The third-order valence-electron chi connectivity index (χ3n) is 5.96. The number of halogens is 1.